The van der Waals surface area contributed by atoms with Crippen molar-refractivity contribution in [3.8, 4) is 6.07 Å². The van der Waals surface area contributed by atoms with Gasteiger partial charge >= 0.3 is 0 Å². The van der Waals surface area contributed by atoms with Gasteiger partial charge in [0.2, 0.25) is 0 Å². The highest BCUT2D eigenvalue weighted by molar-refractivity contribution is 5.54. The molecule has 0 spiro atoms. The second-order valence-corrected chi connectivity index (χ2v) is 3.99. The Hall–Kier alpha value is -1.74. The van der Waals surface area contributed by atoms with Crippen LogP contribution in [-0.2, 0) is 4.74 Å². The lowest BCUT2D eigenvalue weighted by Gasteiger charge is -2.24. The van der Waals surface area contributed by atoms with E-state index < -0.39 is 6.43 Å². The van der Waals surface area contributed by atoms with E-state index in [1.165, 1.54) is 6.20 Å². The average Bonchev–Trinajstić information content (AvgIpc) is 2.66. The lowest BCUT2D eigenvalue weighted by atomic mass is 10.1. The molecule has 1 aromatic rings. The molecular formula is C12H13F2N3O. The minimum atomic E-state index is -2.61. The summed E-state index contributed by atoms with van der Waals surface area (Å²) in [7, 11) is 0. The van der Waals surface area contributed by atoms with Gasteiger partial charge in [-0.05, 0) is 12.5 Å². The van der Waals surface area contributed by atoms with Gasteiger partial charge in [-0.2, -0.15) is 5.26 Å². The Balaban J connectivity index is 2.33. The third kappa shape index (κ3) is 2.74. The van der Waals surface area contributed by atoms with E-state index in [0.29, 0.717) is 32.0 Å². The Labute approximate surface area is 104 Å². The van der Waals surface area contributed by atoms with Gasteiger partial charge in [-0.15, -0.1) is 0 Å². The van der Waals surface area contributed by atoms with Crippen LogP contribution in [0.5, 0.6) is 0 Å². The van der Waals surface area contributed by atoms with Gasteiger partial charge in [0, 0.05) is 25.3 Å². The molecule has 1 aromatic heterocycles. The number of nitrogens with zero attached hydrogens (tertiary/aromatic N) is 3. The normalized spacial score (nSPS) is 16.4. The molecule has 0 radical (unpaired) electrons. The molecular weight excluding hydrogens is 240 g/mol. The number of aromatic nitrogens is 1. The Kier molecular flexibility index (Phi) is 4.05. The molecule has 0 saturated carbocycles. The monoisotopic (exact) mass is 253 g/mol. The van der Waals surface area contributed by atoms with Crippen LogP contribution in [0.4, 0.5) is 14.5 Å². The highest BCUT2D eigenvalue weighted by Crippen LogP contribution is 2.30. The maximum Gasteiger partial charge on any atom is 0.265 e. The van der Waals surface area contributed by atoms with E-state index in [9.17, 15) is 8.78 Å². The van der Waals surface area contributed by atoms with Crippen molar-refractivity contribution >= 4 is 5.69 Å². The van der Waals surface area contributed by atoms with Gasteiger partial charge in [0.25, 0.3) is 6.43 Å². The maximum absolute atomic E-state index is 13.0. The summed E-state index contributed by atoms with van der Waals surface area (Å²) in [5, 5.41) is 8.70. The van der Waals surface area contributed by atoms with Crippen molar-refractivity contribution in [3.05, 3.63) is 23.5 Å². The number of nitriles is 1. The Morgan fingerprint density at radius 2 is 2.22 bits per heavy atom. The zero-order valence-corrected chi connectivity index (χ0v) is 9.77. The smallest absolute Gasteiger partial charge is 0.265 e. The second kappa shape index (κ2) is 5.74. The topological polar surface area (TPSA) is 49.2 Å². The van der Waals surface area contributed by atoms with Crippen LogP contribution in [0.3, 0.4) is 0 Å². The van der Waals surface area contributed by atoms with Crippen LogP contribution in [0, 0.1) is 11.3 Å². The van der Waals surface area contributed by atoms with Crippen LogP contribution in [0.25, 0.3) is 0 Å². The molecule has 1 fully saturated rings. The minimum Gasteiger partial charge on any atom is -0.380 e. The number of anilines is 1. The Bertz CT molecular complexity index is 451. The van der Waals surface area contributed by atoms with Gasteiger partial charge in [0.05, 0.1) is 18.5 Å². The quantitative estimate of drug-likeness (QED) is 0.810. The van der Waals surface area contributed by atoms with Crippen LogP contribution in [0.2, 0.25) is 0 Å². The fourth-order valence-corrected chi connectivity index (χ4v) is 1.95. The summed E-state index contributed by atoms with van der Waals surface area (Å²) in [5.41, 5.74) is 0.276. The summed E-state index contributed by atoms with van der Waals surface area (Å²) in [4.78, 5) is 5.71. The first-order valence-electron chi connectivity index (χ1n) is 5.73. The standard InChI is InChI=1S/C12H13F2N3O/c13-12(14)10-6-9(7-15)16-8-11(10)17-2-1-4-18-5-3-17/h6,8,12H,1-5H2. The third-order valence-corrected chi connectivity index (χ3v) is 2.83. The van der Waals surface area contributed by atoms with Crippen molar-refractivity contribution in [1.82, 2.24) is 4.98 Å². The van der Waals surface area contributed by atoms with E-state index >= 15 is 0 Å². The molecule has 18 heavy (non-hydrogen) atoms. The van der Waals surface area contributed by atoms with Crippen LogP contribution in [0.1, 0.15) is 24.1 Å². The van der Waals surface area contributed by atoms with Gasteiger partial charge < -0.3 is 9.64 Å². The molecule has 2 heterocycles. The van der Waals surface area contributed by atoms with Gasteiger partial charge in [0.15, 0.2) is 0 Å². The summed E-state index contributed by atoms with van der Waals surface area (Å²) in [5.74, 6) is 0. The SMILES string of the molecule is N#Cc1cc(C(F)F)c(N2CCCOCC2)cn1. The Morgan fingerprint density at radius 3 is 2.94 bits per heavy atom. The van der Waals surface area contributed by atoms with Gasteiger partial charge in [0.1, 0.15) is 11.8 Å². The highest BCUT2D eigenvalue weighted by Gasteiger charge is 2.20. The molecule has 0 aromatic carbocycles. The predicted molar refractivity (Wildman–Crippen MR) is 61.6 cm³/mol. The van der Waals surface area contributed by atoms with Crippen molar-refractivity contribution in [2.45, 2.75) is 12.8 Å². The van der Waals surface area contributed by atoms with Gasteiger partial charge in [-0.25, -0.2) is 13.8 Å². The first-order chi connectivity index (χ1) is 8.72. The molecule has 0 atom stereocenters. The molecule has 1 aliphatic heterocycles. The minimum absolute atomic E-state index is 0.0140. The fraction of sp³-hybridized carbons (Fsp3) is 0.500. The number of halogens is 2. The average molecular weight is 253 g/mol. The molecule has 0 amide bonds. The molecule has 0 aliphatic carbocycles. The van der Waals surface area contributed by atoms with E-state index in [1.807, 2.05) is 4.90 Å². The van der Waals surface area contributed by atoms with E-state index in [-0.39, 0.29) is 11.3 Å². The number of ether oxygens (including phenoxy) is 1. The first kappa shape index (κ1) is 12.7. The number of pyridine rings is 1. The largest absolute Gasteiger partial charge is 0.380 e. The Morgan fingerprint density at radius 1 is 1.39 bits per heavy atom. The molecule has 6 heteroatoms. The summed E-state index contributed by atoms with van der Waals surface area (Å²) < 4.78 is 31.3. The van der Waals surface area contributed by atoms with E-state index in [2.05, 4.69) is 4.98 Å². The predicted octanol–water partition coefficient (Wildman–Crippen LogP) is 2.12. The third-order valence-electron chi connectivity index (χ3n) is 2.83. The molecule has 4 nitrogen and oxygen atoms in total. The number of hydrogen-bond donors (Lipinski definition) is 0. The van der Waals surface area contributed by atoms with E-state index in [4.69, 9.17) is 10.00 Å². The maximum atomic E-state index is 13.0. The van der Waals surface area contributed by atoms with Gasteiger partial charge in [-0.1, -0.05) is 0 Å². The van der Waals surface area contributed by atoms with Crippen molar-refractivity contribution in [1.29, 1.82) is 5.26 Å². The number of alkyl halides is 2. The summed E-state index contributed by atoms with van der Waals surface area (Å²) in [6.07, 6.45) is -0.465. The van der Waals surface area contributed by atoms with E-state index in [1.54, 1.807) is 6.07 Å². The molecule has 2 rings (SSSR count). The van der Waals surface area contributed by atoms with Crippen LogP contribution < -0.4 is 4.90 Å². The zero-order chi connectivity index (χ0) is 13.0. The fourth-order valence-electron chi connectivity index (χ4n) is 1.95. The number of rotatable bonds is 2. The lowest BCUT2D eigenvalue weighted by Crippen LogP contribution is -2.27. The zero-order valence-electron chi connectivity index (χ0n) is 9.77. The molecule has 0 unspecified atom stereocenters. The highest BCUT2D eigenvalue weighted by atomic mass is 19.3. The number of hydrogen-bond acceptors (Lipinski definition) is 4. The molecule has 0 bridgehead atoms. The van der Waals surface area contributed by atoms with Crippen LogP contribution in [-0.4, -0.2) is 31.3 Å². The second-order valence-electron chi connectivity index (χ2n) is 3.99. The van der Waals surface area contributed by atoms with Crippen LogP contribution in [0.15, 0.2) is 12.3 Å². The van der Waals surface area contributed by atoms with Crippen molar-refractivity contribution in [2.24, 2.45) is 0 Å². The molecule has 1 aliphatic rings. The first-order valence-corrected chi connectivity index (χ1v) is 5.73. The summed E-state index contributed by atoms with van der Waals surface area (Å²) in [6, 6.07) is 2.94. The van der Waals surface area contributed by atoms with E-state index in [0.717, 1.165) is 12.5 Å². The van der Waals surface area contributed by atoms with Crippen LogP contribution >= 0.6 is 0 Å². The van der Waals surface area contributed by atoms with Crippen molar-refractivity contribution in [3.63, 3.8) is 0 Å². The molecule has 0 N–H and O–H groups in total. The molecule has 1 saturated heterocycles. The van der Waals surface area contributed by atoms with Gasteiger partial charge in [-0.3, -0.25) is 0 Å². The molecule has 96 valence electrons. The summed E-state index contributed by atoms with van der Waals surface area (Å²) in [6.45, 7) is 2.38. The lowest BCUT2D eigenvalue weighted by molar-refractivity contribution is 0.150. The van der Waals surface area contributed by atoms with Crippen molar-refractivity contribution in [2.75, 3.05) is 31.2 Å². The van der Waals surface area contributed by atoms with Crippen molar-refractivity contribution < 1.29 is 13.5 Å². The summed E-state index contributed by atoms with van der Waals surface area (Å²) >= 11 is 0.